The number of nitrogens with zero attached hydrogens (tertiary/aromatic N) is 4. The first-order valence-corrected chi connectivity index (χ1v) is 5.81. The van der Waals surface area contributed by atoms with E-state index in [1.165, 1.54) is 0 Å². The maximum absolute atomic E-state index is 5.63. The Labute approximate surface area is 109 Å². The Morgan fingerprint density at radius 1 is 0.947 bits per heavy atom. The van der Waals surface area contributed by atoms with E-state index in [1.54, 1.807) is 31.0 Å². The van der Waals surface area contributed by atoms with Crippen LogP contribution >= 0.6 is 0 Å². The van der Waals surface area contributed by atoms with Gasteiger partial charge < -0.3 is 0 Å². The Morgan fingerprint density at radius 3 is 2.47 bits per heavy atom. The number of aromatic nitrogens is 4. The molecular formula is C13H12N6. The average molecular weight is 252 g/mol. The number of rotatable bonds is 3. The second-order valence-corrected chi connectivity index (χ2v) is 4.03. The van der Waals surface area contributed by atoms with Gasteiger partial charge in [0.05, 0.1) is 29.0 Å². The molecule has 94 valence electrons. The number of nitrogens with one attached hydrogen (secondary N) is 1. The van der Waals surface area contributed by atoms with E-state index in [0.717, 1.165) is 22.3 Å². The fourth-order valence-electron chi connectivity index (χ4n) is 1.97. The molecule has 3 N–H and O–H groups in total. The zero-order valence-electron chi connectivity index (χ0n) is 10.1. The molecule has 0 aliphatic carbocycles. The van der Waals surface area contributed by atoms with Gasteiger partial charge in [0.1, 0.15) is 0 Å². The van der Waals surface area contributed by atoms with Crippen LogP contribution < -0.4 is 11.3 Å². The first-order chi connectivity index (χ1) is 9.38. The third kappa shape index (κ3) is 2.26. The van der Waals surface area contributed by atoms with Gasteiger partial charge in [0, 0.05) is 24.8 Å². The zero-order chi connectivity index (χ0) is 13.1. The van der Waals surface area contributed by atoms with Crippen molar-refractivity contribution in [1.29, 1.82) is 0 Å². The van der Waals surface area contributed by atoms with E-state index in [1.807, 2.05) is 18.2 Å². The summed E-state index contributed by atoms with van der Waals surface area (Å²) >= 11 is 0. The summed E-state index contributed by atoms with van der Waals surface area (Å²) in [6.07, 6.45) is 8.29. The van der Waals surface area contributed by atoms with E-state index in [0.29, 0.717) is 0 Å². The van der Waals surface area contributed by atoms with Gasteiger partial charge in [-0.25, -0.2) is 5.43 Å². The third-order valence-corrected chi connectivity index (χ3v) is 2.87. The number of fused-ring (bicyclic) bond motifs is 1. The van der Waals surface area contributed by atoms with Crippen molar-refractivity contribution in [3.05, 3.63) is 60.4 Å². The molecule has 0 aliphatic heterocycles. The van der Waals surface area contributed by atoms with Gasteiger partial charge in [-0.1, -0.05) is 6.07 Å². The first-order valence-electron chi connectivity index (χ1n) is 5.81. The minimum Gasteiger partial charge on any atom is -0.271 e. The highest BCUT2D eigenvalue weighted by Gasteiger charge is 2.14. The Morgan fingerprint density at radius 2 is 1.74 bits per heavy atom. The number of nitrogens with two attached hydrogens (primary N) is 1. The van der Waals surface area contributed by atoms with Gasteiger partial charge in [0.15, 0.2) is 0 Å². The topological polar surface area (TPSA) is 89.6 Å². The predicted octanol–water partition coefficient (Wildman–Crippen LogP) is 0.972. The Bertz CT molecular complexity index is 685. The summed E-state index contributed by atoms with van der Waals surface area (Å²) in [5.74, 6) is 5.63. The van der Waals surface area contributed by atoms with Gasteiger partial charge in [0.25, 0.3) is 0 Å². The lowest BCUT2D eigenvalue weighted by Crippen LogP contribution is -2.29. The summed E-state index contributed by atoms with van der Waals surface area (Å²) in [4.78, 5) is 16.8. The highest BCUT2D eigenvalue weighted by molar-refractivity contribution is 5.74. The fourth-order valence-corrected chi connectivity index (χ4v) is 1.97. The quantitative estimate of drug-likeness (QED) is 0.533. The van der Waals surface area contributed by atoms with E-state index in [4.69, 9.17) is 5.84 Å². The van der Waals surface area contributed by atoms with E-state index < -0.39 is 0 Å². The van der Waals surface area contributed by atoms with E-state index in [2.05, 4.69) is 25.4 Å². The van der Waals surface area contributed by atoms with Gasteiger partial charge in [0.2, 0.25) is 0 Å². The van der Waals surface area contributed by atoms with Gasteiger partial charge in [-0.15, -0.1) is 0 Å². The molecule has 1 aromatic carbocycles. The SMILES string of the molecule is NNC(c1ccc2nccnc2c1)c1cnccn1. The minimum atomic E-state index is -0.222. The lowest BCUT2D eigenvalue weighted by molar-refractivity contribution is 0.618. The zero-order valence-corrected chi connectivity index (χ0v) is 10.1. The van der Waals surface area contributed by atoms with Crippen molar-refractivity contribution in [2.75, 3.05) is 0 Å². The van der Waals surface area contributed by atoms with Crippen LogP contribution in [0.25, 0.3) is 11.0 Å². The molecule has 2 aromatic heterocycles. The molecule has 1 atom stereocenters. The van der Waals surface area contributed by atoms with Crippen LogP contribution in [0, 0.1) is 0 Å². The molecule has 0 saturated carbocycles. The predicted molar refractivity (Wildman–Crippen MR) is 70.7 cm³/mol. The molecule has 3 aromatic rings. The summed E-state index contributed by atoms with van der Waals surface area (Å²) < 4.78 is 0. The molecule has 0 spiro atoms. The van der Waals surface area contributed by atoms with Crippen LogP contribution in [0.5, 0.6) is 0 Å². The van der Waals surface area contributed by atoms with Gasteiger partial charge in [-0.3, -0.25) is 25.8 Å². The molecule has 1 unspecified atom stereocenters. The molecule has 0 bridgehead atoms. The molecule has 0 radical (unpaired) electrons. The first kappa shape index (κ1) is 11.6. The Balaban J connectivity index is 2.06. The summed E-state index contributed by atoms with van der Waals surface area (Å²) in [7, 11) is 0. The van der Waals surface area contributed by atoms with Crippen molar-refractivity contribution in [3.8, 4) is 0 Å². The van der Waals surface area contributed by atoms with Crippen LogP contribution in [0.1, 0.15) is 17.3 Å². The highest BCUT2D eigenvalue weighted by Crippen LogP contribution is 2.21. The fraction of sp³-hybridized carbons (Fsp3) is 0.0769. The summed E-state index contributed by atoms with van der Waals surface area (Å²) in [6, 6.07) is 5.59. The lowest BCUT2D eigenvalue weighted by atomic mass is 10.0. The number of hydrazine groups is 1. The second kappa shape index (κ2) is 5.05. The molecule has 19 heavy (non-hydrogen) atoms. The maximum Gasteiger partial charge on any atom is 0.0897 e. The van der Waals surface area contributed by atoms with Crippen LogP contribution in [0.3, 0.4) is 0 Å². The molecule has 6 heteroatoms. The lowest BCUT2D eigenvalue weighted by Gasteiger charge is -2.15. The van der Waals surface area contributed by atoms with E-state index in [9.17, 15) is 0 Å². The molecular weight excluding hydrogens is 240 g/mol. The third-order valence-electron chi connectivity index (χ3n) is 2.87. The van der Waals surface area contributed by atoms with Crippen LogP contribution in [-0.2, 0) is 0 Å². The second-order valence-electron chi connectivity index (χ2n) is 4.03. The molecule has 3 rings (SSSR count). The number of benzene rings is 1. The van der Waals surface area contributed by atoms with Crippen molar-refractivity contribution < 1.29 is 0 Å². The molecule has 2 heterocycles. The maximum atomic E-state index is 5.63. The number of hydrogen-bond acceptors (Lipinski definition) is 6. The van der Waals surface area contributed by atoms with Crippen molar-refractivity contribution in [3.63, 3.8) is 0 Å². The number of hydrogen-bond donors (Lipinski definition) is 2. The minimum absolute atomic E-state index is 0.222. The van der Waals surface area contributed by atoms with Crippen molar-refractivity contribution in [2.24, 2.45) is 5.84 Å². The van der Waals surface area contributed by atoms with Gasteiger partial charge >= 0.3 is 0 Å². The molecule has 0 saturated heterocycles. The van der Waals surface area contributed by atoms with Crippen molar-refractivity contribution >= 4 is 11.0 Å². The average Bonchev–Trinajstić information content (AvgIpc) is 2.49. The normalized spacial score (nSPS) is 12.5. The standard InChI is InChI=1S/C13H12N6/c14-19-13(12-8-15-3-4-18-12)9-1-2-10-11(7-9)17-6-5-16-10/h1-8,13,19H,14H2. The Hall–Kier alpha value is -2.44. The summed E-state index contributed by atoms with van der Waals surface area (Å²) in [6.45, 7) is 0. The van der Waals surface area contributed by atoms with Crippen molar-refractivity contribution in [2.45, 2.75) is 6.04 Å². The molecule has 0 amide bonds. The monoisotopic (exact) mass is 252 g/mol. The summed E-state index contributed by atoms with van der Waals surface area (Å²) in [5, 5.41) is 0. The van der Waals surface area contributed by atoms with E-state index in [-0.39, 0.29) is 6.04 Å². The largest absolute Gasteiger partial charge is 0.271 e. The van der Waals surface area contributed by atoms with Gasteiger partial charge in [-0.2, -0.15) is 0 Å². The molecule has 6 nitrogen and oxygen atoms in total. The van der Waals surface area contributed by atoms with Crippen LogP contribution in [0.2, 0.25) is 0 Å². The van der Waals surface area contributed by atoms with Crippen LogP contribution in [-0.4, -0.2) is 19.9 Å². The Kier molecular flexibility index (Phi) is 3.09. The van der Waals surface area contributed by atoms with Crippen molar-refractivity contribution in [1.82, 2.24) is 25.4 Å². The summed E-state index contributed by atoms with van der Waals surface area (Å²) in [5.41, 5.74) is 6.15. The molecule has 0 fully saturated rings. The van der Waals surface area contributed by atoms with E-state index >= 15 is 0 Å². The van der Waals surface area contributed by atoms with Crippen LogP contribution in [0.15, 0.2) is 49.2 Å². The van der Waals surface area contributed by atoms with Crippen LogP contribution in [0.4, 0.5) is 0 Å². The van der Waals surface area contributed by atoms with Gasteiger partial charge in [-0.05, 0) is 17.7 Å². The highest BCUT2D eigenvalue weighted by atomic mass is 15.2. The smallest absolute Gasteiger partial charge is 0.0897 e. The molecule has 0 aliphatic rings.